The second-order valence-corrected chi connectivity index (χ2v) is 3.92. The Balaban J connectivity index is 2.55. The molecule has 1 heterocycles. The molecule has 0 saturated carbocycles. The predicted octanol–water partition coefficient (Wildman–Crippen LogP) is 0.167. The Bertz CT molecular complexity index is 374. The van der Waals surface area contributed by atoms with E-state index < -0.39 is 0 Å². The third-order valence-electron chi connectivity index (χ3n) is 2.70. The van der Waals surface area contributed by atoms with E-state index in [0.29, 0.717) is 24.5 Å². The Hall–Kier alpha value is -1.56. The molecule has 1 rings (SSSR count). The van der Waals surface area contributed by atoms with Crippen molar-refractivity contribution in [2.45, 2.75) is 20.4 Å². The smallest absolute Gasteiger partial charge is 0.271 e. The summed E-state index contributed by atoms with van der Waals surface area (Å²) in [6.07, 6.45) is 1.51. The number of carbonyl (C=O) groups is 1. The Morgan fingerprint density at radius 2 is 2.29 bits per heavy atom. The van der Waals surface area contributed by atoms with Crippen LogP contribution in [0.3, 0.4) is 0 Å². The zero-order valence-corrected chi connectivity index (χ0v) is 10.7. The molecule has 0 aliphatic carbocycles. The Morgan fingerprint density at radius 3 is 2.88 bits per heavy atom. The Kier molecular flexibility index (Phi) is 4.96. The Morgan fingerprint density at radius 1 is 1.59 bits per heavy atom. The first kappa shape index (κ1) is 13.5. The van der Waals surface area contributed by atoms with Gasteiger partial charge in [-0.05, 0) is 20.5 Å². The maximum atomic E-state index is 11.9. The first-order valence-corrected chi connectivity index (χ1v) is 5.88. The van der Waals surface area contributed by atoms with Crippen molar-refractivity contribution in [1.29, 1.82) is 0 Å². The SMILES string of the molecule is CCN(C)CCNC(=O)c1c(N)cnn1CC. The number of aryl methyl sites for hydroxylation is 1. The summed E-state index contributed by atoms with van der Waals surface area (Å²) < 4.78 is 1.61. The van der Waals surface area contributed by atoms with E-state index in [1.807, 2.05) is 14.0 Å². The average Bonchev–Trinajstić information content (AvgIpc) is 2.69. The first-order valence-electron chi connectivity index (χ1n) is 5.88. The van der Waals surface area contributed by atoms with E-state index in [-0.39, 0.29) is 5.91 Å². The van der Waals surface area contributed by atoms with E-state index in [9.17, 15) is 4.79 Å². The fraction of sp³-hybridized carbons (Fsp3) is 0.636. The predicted molar refractivity (Wildman–Crippen MR) is 67.8 cm³/mol. The molecule has 6 nitrogen and oxygen atoms in total. The van der Waals surface area contributed by atoms with E-state index in [2.05, 4.69) is 22.2 Å². The van der Waals surface area contributed by atoms with Gasteiger partial charge in [0.2, 0.25) is 0 Å². The highest BCUT2D eigenvalue weighted by atomic mass is 16.2. The second-order valence-electron chi connectivity index (χ2n) is 3.92. The number of hydrogen-bond acceptors (Lipinski definition) is 4. The van der Waals surface area contributed by atoms with Gasteiger partial charge >= 0.3 is 0 Å². The van der Waals surface area contributed by atoms with Gasteiger partial charge < -0.3 is 16.0 Å². The van der Waals surface area contributed by atoms with Crippen LogP contribution in [0.4, 0.5) is 5.69 Å². The van der Waals surface area contributed by atoms with Gasteiger partial charge in [0, 0.05) is 19.6 Å². The number of rotatable bonds is 6. The van der Waals surface area contributed by atoms with Crippen LogP contribution in [0.2, 0.25) is 0 Å². The summed E-state index contributed by atoms with van der Waals surface area (Å²) in [6.45, 7) is 7.03. The van der Waals surface area contributed by atoms with Crippen LogP contribution in [0, 0.1) is 0 Å². The van der Waals surface area contributed by atoms with Gasteiger partial charge in [-0.2, -0.15) is 5.10 Å². The number of amides is 1. The highest BCUT2D eigenvalue weighted by Gasteiger charge is 2.15. The zero-order chi connectivity index (χ0) is 12.8. The van der Waals surface area contributed by atoms with Crippen LogP contribution in [0.15, 0.2) is 6.20 Å². The lowest BCUT2D eigenvalue weighted by Gasteiger charge is -2.14. The van der Waals surface area contributed by atoms with Gasteiger partial charge in [0.05, 0.1) is 11.9 Å². The molecule has 0 atom stereocenters. The summed E-state index contributed by atoms with van der Waals surface area (Å²) in [5.74, 6) is -0.161. The van der Waals surface area contributed by atoms with E-state index in [0.717, 1.165) is 13.1 Å². The molecule has 1 amide bonds. The number of nitrogen functional groups attached to an aromatic ring is 1. The molecule has 0 spiro atoms. The summed E-state index contributed by atoms with van der Waals surface area (Å²) >= 11 is 0. The number of carbonyl (C=O) groups excluding carboxylic acids is 1. The van der Waals surface area contributed by atoms with Crippen molar-refractivity contribution in [3.05, 3.63) is 11.9 Å². The summed E-state index contributed by atoms with van der Waals surface area (Å²) in [6, 6.07) is 0. The van der Waals surface area contributed by atoms with Gasteiger partial charge in [-0.25, -0.2) is 0 Å². The van der Waals surface area contributed by atoms with Crippen LogP contribution >= 0.6 is 0 Å². The maximum Gasteiger partial charge on any atom is 0.271 e. The van der Waals surface area contributed by atoms with Crippen molar-refractivity contribution in [2.75, 3.05) is 32.4 Å². The number of nitrogens with two attached hydrogens (primary N) is 1. The molecule has 17 heavy (non-hydrogen) atoms. The molecule has 0 aliphatic rings. The minimum Gasteiger partial charge on any atom is -0.396 e. The van der Waals surface area contributed by atoms with E-state index in [1.165, 1.54) is 6.20 Å². The Labute approximate surface area is 102 Å². The molecular formula is C11H21N5O. The van der Waals surface area contributed by atoms with Crippen molar-refractivity contribution >= 4 is 11.6 Å². The van der Waals surface area contributed by atoms with Crippen LogP contribution in [-0.2, 0) is 6.54 Å². The number of nitrogens with one attached hydrogen (secondary N) is 1. The van der Waals surface area contributed by atoms with Crippen LogP contribution in [0.25, 0.3) is 0 Å². The summed E-state index contributed by atoms with van der Waals surface area (Å²) in [5.41, 5.74) is 6.60. The molecule has 0 bridgehead atoms. The second kappa shape index (κ2) is 6.24. The third-order valence-corrected chi connectivity index (χ3v) is 2.70. The van der Waals surface area contributed by atoms with Crippen LogP contribution in [0.5, 0.6) is 0 Å². The van der Waals surface area contributed by atoms with Gasteiger partial charge in [0.15, 0.2) is 0 Å². The molecule has 3 N–H and O–H groups in total. The highest BCUT2D eigenvalue weighted by Crippen LogP contribution is 2.09. The van der Waals surface area contributed by atoms with Crippen molar-refractivity contribution < 1.29 is 4.79 Å². The molecule has 0 saturated heterocycles. The number of anilines is 1. The van der Waals surface area contributed by atoms with E-state index in [1.54, 1.807) is 4.68 Å². The lowest BCUT2D eigenvalue weighted by Crippen LogP contribution is -2.34. The highest BCUT2D eigenvalue weighted by molar-refractivity contribution is 5.97. The van der Waals surface area contributed by atoms with Crippen molar-refractivity contribution in [2.24, 2.45) is 0 Å². The van der Waals surface area contributed by atoms with Crippen LogP contribution < -0.4 is 11.1 Å². The molecule has 0 radical (unpaired) electrons. The molecule has 1 aromatic rings. The van der Waals surface area contributed by atoms with Crippen molar-refractivity contribution in [3.8, 4) is 0 Å². The topological polar surface area (TPSA) is 76.2 Å². The largest absolute Gasteiger partial charge is 0.396 e. The standard InChI is InChI=1S/C11H21N5O/c1-4-15(3)7-6-13-11(17)10-9(12)8-14-16(10)5-2/h8H,4-7,12H2,1-3H3,(H,13,17). The van der Waals surface area contributed by atoms with E-state index >= 15 is 0 Å². The minimum atomic E-state index is -0.161. The van der Waals surface area contributed by atoms with Gasteiger partial charge in [0.1, 0.15) is 5.69 Å². The zero-order valence-electron chi connectivity index (χ0n) is 10.7. The van der Waals surface area contributed by atoms with Gasteiger partial charge in [-0.15, -0.1) is 0 Å². The quantitative estimate of drug-likeness (QED) is 0.742. The van der Waals surface area contributed by atoms with Crippen molar-refractivity contribution in [3.63, 3.8) is 0 Å². The molecule has 0 unspecified atom stereocenters. The molecule has 0 fully saturated rings. The van der Waals surface area contributed by atoms with Gasteiger partial charge in [-0.1, -0.05) is 6.92 Å². The number of aromatic nitrogens is 2. The molecular weight excluding hydrogens is 218 g/mol. The average molecular weight is 239 g/mol. The monoisotopic (exact) mass is 239 g/mol. The van der Waals surface area contributed by atoms with Gasteiger partial charge in [0.25, 0.3) is 5.91 Å². The number of hydrogen-bond donors (Lipinski definition) is 2. The number of nitrogens with zero attached hydrogens (tertiary/aromatic N) is 3. The minimum absolute atomic E-state index is 0.161. The molecule has 96 valence electrons. The van der Waals surface area contributed by atoms with E-state index in [4.69, 9.17) is 5.73 Å². The van der Waals surface area contributed by atoms with Crippen LogP contribution in [0.1, 0.15) is 24.3 Å². The molecule has 6 heteroatoms. The lowest BCUT2D eigenvalue weighted by atomic mass is 10.3. The van der Waals surface area contributed by atoms with Crippen LogP contribution in [-0.4, -0.2) is 47.3 Å². The molecule has 1 aromatic heterocycles. The third kappa shape index (κ3) is 3.45. The summed E-state index contributed by atoms with van der Waals surface area (Å²) in [7, 11) is 2.01. The normalized spacial score (nSPS) is 10.8. The lowest BCUT2D eigenvalue weighted by molar-refractivity contribution is 0.0940. The number of likely N-dealkylation sites (N-methyl/N-ethyl adjacent to an activating group) is 1. The fourth-order valence-corrected chi connectivity index (χ4v) is 1.49. The summed E-state index contributed by atoms with van der Waals surface area (Å²) in [4.78, 5) is 14.0. The van der Waals surface area contributed by atoms with Gasteiger partial charge in [-0.3, -0.25) is 9.48 Å². The summed E-state index contributed by atoms with van der Waals surface area (Å²) in [5, 5.41) is 6.88. The maximum absolute atomic E-state index is 11.9. The fourth-order valence-electron chi connectivity index (χ4n) is 1.49. The molecule has 0 aromatic carbocycles. The van der Waals surface area contributed by atoms with Crippen molar-refractivity contribution in [1.82, 2.24) is 20.0 Å². The first-order chi connectivity index (χ1) is 8.10. The molecule has 0 aliphatic heterocycles.